The molecule has 1 aliphatic rings. The van der Waals surface area contributed by atoms with Gasteiger partial charge in [-0.3, -0.25) is 9.59 Å². The number of halogens is 1. The average Bonchev–Trinajstić information content (AvgIpc) is 3.34. The first-order valence-corrected chi connectivity index (χ1v) is 10.2. The maximum absolute atomic E-state index is 13.1. The van der Waals surface area contributed by atoms with Crippen LogP contribution in [0.25, 0.3) is 11.3 Å². The van der Waals surface area contributed by atoms with E-state index in [0.29, 0.717) is 17.3 Å². The predicted molar refractivity (Wildman–Crippen MR) is 112 cm³/mol. The summed E-state index contributed by atoms with van der Waals surface area (Å²) in [4.78, 5) is 33.8. The molecule has 0 spiro atoms. The average molecular weight is 409 g/mol. The van der Waals surface area contributed by atoms with Crippen molar-refractivity contribution in [1.82, 2.24) is 9.97 Å². The van der Waals surface area contributed by atoms with Crippen molar-refractivity contribution in [2.45, 2.75) is 30.7 Å². The van der Waals surface area contributed by atoms with E-state index in [2.05, 4.69) is 9.97 Å². The summed E-state index contributed by atoms with van der Waals surface area (Å²) in [5.41, 5.74) is 4.16. The van der Waals surface area contributed by atoms with Crippen LogP contribution in [0.1, 0.15) is 29.8 Å². The standard InChI is InChI=1S/C22H20FN3O2S/c1-13(29-22-24-12-19(25-22)15-3-6-18(23)7-4-15)21(28)17-5-8-20-16(11-17)9-10-26(20)14(2)27/h3-8,11-13H,9-10H2,1-2H3,(H,24,25). The van der Waals surface area contributed by atoms with Crippen molar-refractivity contribution < 1.29 is 14.0 Å². The number of Topliss-reactive ketones (excluding diaryl/α,β-unsaturated/α-hetero) is 1. The monoisotopic (exact) mass is 409 g/mol. The number of rotatable bonds is 5. The van der Waals surface area contributed by atoms with Gasteiger partial charge in [0.25, 0.3) is 0 Å². The molecule has 1 aliphatic heterocycles. The summed E-state index contributed by atoms with van der Waals surface area (Å²) in [6.07, 6.45) is 2.44. The summed E-state index contributed by atoms with van der Waals surface area (Å²) in [7, 11) is 0. The number of nitrogens with zero attached hydrogens (tertiary/aromatic N) is 2. The third-order valence-corrected chi connectivity index (χ3v) is 6.00. The third kappa shape index (κ3) is 3.96. The van der Waals surface area contributed by atoms with Gasteiger partial charge in [-0.05, 0) is 66.9 Å². The number of anilines is 1. The van der Waals surface area contributed by atoms with Gasteiger partial charge in [0, 0.05) is 24.7 Å². The fraction of sp³-hybridized carbons (Fsp3) is 0.227. The number of imidazole rings is 1. The summed E-state index contributed by atoms with van der Waals surface area (Å²) >= 11 is 1.35. The molecule has 0 fully saturated rings. The Balaban J connectivity index is 1.47. The van der Waals surface area contributed by atoms with Crippen LogP contribution in [0.5, 0.6) is 0 Å². The number of carbonyl (C=O) groups is 2. The Morgan fingerprint density at radius 1 is 1.21 bits per heavy atom. The molecule has 0 aliphatic carbocycles. The lowest BCUT2D eigenvalue weighted by atomic mass is 10.0. The van der Waals surface area contributed by atoms with Crippen molar-refractivity contribution in [3.63, 3.8) is 0 Å². The number of hydrogen-bond donors (Lipinski definition) is 1. The first-order valence-electron chi connectivity index (χ1n) is 9.35. The molecule has 2 aromatic carbocycles. The number of thioether (sulfide) groups is 1. The van der Waals surface area contributed by atoms with E-state index >= 15 is 0 Å². The number of ketones is 1. The zero-order valence-corrected chi connectivity index (χ0v) is 16.9. The highest BCUT2D eigenvalue weighted by Gasteiger charge is 2.25. The van der Waals surface area contributed by atoms with Crippen LogP contribution >= 0.6 is 11.8 Å². The lowest BCUT2D eigenvalue weighted by Crippen LogP contribution is -2.25. The lowest BCUT2D eigenvalue weighted by Gasteiger charge is -2.15. The number of amides is 1. The molecule has 1 amide bonds. The molecular weight excluding hydrogens is 389 g/mol. The molecule has 29 heavy (non-hydrogen) atoms. The fourth-order valence-corrected chi connectivity index (χ4v) is 4.34. The van der Waals surface area contributed by atoms with Crippen LogP contribution in [0.4, 0.5) is 10.1 Å². The SMILES string of the molecule is CC(=O)N1CCc2cc(C(=O)C(C)Sc3ncc(-c4ccc(F)cc4)[nH]3)ccc21. The second kappa shape index (κ2) is 7.83. The molecule has 1 unspecified atom stereocenters. The Labute approximate surface area is 172 Å². The molecule has 0 saturated heterocycles. The van der Waals surface area contributed by atoms with Crippen LogP contribution in [0.15, 0.2) is 53.8 Å². The lowest BCUT2D eigenvalue weighted by molar-refractivity contribution is -0.116. The summed E-state index contributed by atoms with van der Waals surface area (Å²) in [5, 5.41) is 0.305. The Morgan fingerprint density at radius 3 is 2.69 bits per heavy atom. The minimum atomic E-state index is -0.328. The van der Waals surface area contributed by atoms with Crippen LogP contribution in [-0.4, -0.2) is 33.5 Å². The van der Waals surface area contributed by atoms with Gasteiger partial charge < -0.3 is 9.88 Å². The Hall–Kier alpha value is -2.93. The number of H-pyrrole nitrogens is 1. The molecule has 0 radical (unpaired) electrons. The second-order valence-corrected chi connectivity index (χ2v) is 8.33. The number of fused-ring (bicyclic) bond motifs is 1. The zero-order valence-electron chi connectivity index (χ0n) is 16.1. The summed E-state index contributed by atoms with van der Waals surface area (Å²) in [5.74, 6) is -0.261. The van der Waals surface area contributed by atoms with Gasteiger partial charge in [-0.25, -0.2) is 9.37 Å². The van der Waals surface area contributed by atoms with E-state index < -0.39 is 0 Å². The molecule has 4 rings (SSSR count). The number of aromatic nitrogens is 2. The molecule has 3 aromatic rings. The highest BCUT2D eigenvalue weighted by Crippen LogP contribution is 2.31. The first-order chi connectivity index (χ1) is 13.9. The van der Waals surface area contributed by atoms with Gasteiger partial charge in [0.2, 0.25) is 5.91 Å². The number of benzene rings is 2. The Kier molecular flexibility index (Phi) is 5.24. The van der Waals surface area contributed by atoms with E-state index in [0.717, 1.165) is 28.9 Å². The van der Waals surface area contributed by atoms with E-state index in [9.17, 15) is 14.0 Å². The summed E-state index contributed by atoms with van der Waals surface area (Å²) < 4.78 is 13.1. The molecule has 148 valence electrons. The van der Waals surface area contributed by atoms with Gasteiger partial charge in [0.1, 0.15) is 5.82 Å². The maximum atomic E-state index is 13.1. The smallest absolute Gasteiger partial charge is 0.223 e. The van der Waals surface area contributed by atoms with Gasteiger partial charge in [-0.1, -0.05) is 11.8 Å². The predicted octanol–water partition coefficient (Wildman–Crippen LogP) is 4.49. The molecule has 2 heterocycles. The highest BCUT2D eigenvalue weighted by atomic mass is 32.2. The molecule has 0 saturated carbocycles. The van der Waals surface area contributed by atoms with Crippen LogP contribution in [0.3, 0.4) is 0 Å². The van der Waals surface area contributed by atoms with Crippen molar-refractivity contribution in [3.8, 4) is 11.3 Å². The Morgan fingerprint density at radius 2 is 1.97 bits per heavy atom. The van der Waals surface area contributed by atoms with Gasteiger partial charge in [-0.2, -0.15) is 0 Å². The summed E-state index contributed by atoms with van der Waals surface area (Å²) in [6, 6.07) is 11.7. The van der Waals surface area contributed by atoms with Crippen LogP contribution in [-0.2, 0) is 11.2 Å². The maximum Gasteiger partial charge on any atom is 0.223 e. The van der Waals surface area contributed by atoms with Crippen LogP contribution in [0, 0.1) is 5.82 Å². The Bertz CT molecular complexity index is 1080. The number of hydrogen-bond acceptors (Lipinski definition) is 4. The zero-order chi connectivity index (χ0) is 20.5. The highest BCUT2D eigenvalue weighted by molar-refractivity contribution is 8.00. The van der Waals surface area contributed by atoms with Crippen molar-refractivity contribution in [2.24, 2.45) is 0 Å². The molecule has 7 heteroatoms. The third-order valence-electron chi connectivity index (χ3n) is 5.01. The molecule has 1 aromatic heterocycles. The molecule has 1 atom stereocenters. The van der Waals surface area contributed by atoms with E-state index in [1.807, 2.05) is 19.1 Å². The van der Waals surface area contributed by atoms with E-state index in [-0.39, 0.29) is 22.8 Å². The molecular formula is C22H20FN3O2S. The van der Waals surface area contributed by atoms with E-state index in [1.54, 1.807) is 36.2 Å². The minimum Gasteiger partial charge on any atom is -0.333 e. The van der Waals surface area contributed by atoms with Crippen molar-refractivity contribution in [3.05, 3.63) is 65.6 Å². The largest absolute Gasteiger partial charge is 0.333 e. The van der Waals surface area contributed by atoms with Gasteiger partial charge in [0.15, 0.2) is 10.9 Å². The molecule has 0 bridgehead atoms. The minimum absolute atomic E-state index is 0.0128. The van der Waals surface area contributed by atoms with Crippen molar-refractivity contribution >= 4 is 29.1 Å². The number of nitrogens with one attached hydrogen (secondary N) is 1. The van der Waals surface area contributed by atoms with Gasteiger partial charge in [0.05, 0.1) is 17.1 Å². The fourth-order valence-electron chi connectivity index (χ4n) is 3.48. The molecule has 1 N–H and O–H groups in total. The summed E-state index contributed by atoms with van der Waals surface area (Å²) in [6.45, 7) is 4.06. The first kappa shape index (κ1) is 19.4. The van der Waals surface area contributed by atoms with Crippen LogP contribution in [0.2, 0.25) is 0 Å². The second-order valence-electron chi connectivity index (χ2n) is 7.00. The van der Waals surface area contributed by atoms with Crippen molar-refractivity contribution in [2.75, 3.05) is 11.4 Å². The van der Waals surface area contributed by atoms with Crippen LogP contribution < -0.4 is 4.90 Å². The van der Waals surface area contributed by atoms with Crippen molar-refractivity contribution in [1.29, 1.82) is 0 Å². The normalized spacial score (nSPS) is 14.0. The van der Waals surface area contributed by atoms with E-state index in [4.69, 9.17) is 0 Å². The number of aromatic amines is 1. The van der Waals surface area contributed by atoms with Gasteiger partial charge in [-0.15, -0.1) is 0 Å². The number of carbonyl (C=O) groups excluding carboxylic acids is 2. The van der Waals surface area contributed by atoms with Gasteiger partial charge >= 0.3 is 0 Å². The topological polar surface area (TPSA) is 66.1 Å². The quantitative estimate of drug-likeness (QED) is 0.498. The van der Waals surface area contributed by atoms with E-state index in [1.165, 1.54) is 23.9 Å². The molecule has 5 nitrogen and oxygen atoms in total.